The minimum absolute atomic E-state index is 0.321. The lowest BCUT2D eigenvalue weighted by Crippen LogP contribution is -2.13. The highest BCUT2D eigenvalue weighted by atomic mass is 16.6. The van der Waals surface area contributed by atoms with Crippen LogP contribution in [0.5, 0.6) is 0 Å². The predicted octanol–water partition coefficient (Wildman–Crippen LogP) is 1.41. The normalized spacial score (nSPS) is 12.5. The number of para-hydroxylation sites is 1. The van der Waals surface area contributed by atoms with Crippen molar-refractivity contribution in [3.05, 3.63) is 30.3 Å². The van der Waals surface area contributed by atoms with Gasteiger partial charge in [-0.1, -0.05) is 18.2 Å². The van der Waals surface area contributed by atoms with Crippen LogP contribution in [0, 0.1) is 0 Å². The Morgan fingerprint density at radius 1 is 1.42 bits per heavy atom. The second-order valence-electron chi connectivity index (χ2n) is 2.45. The van der Waals surface area contributed by atoms with E-state index in [9.17, 15) is 0 Å². The lowest BCUT2D eigenvalue weighted by Gasteiger charge is -2.08. The van der Waals surface area contributed by atoms with E-state index in [0.29, 0.717) is 6.73 Å². The number of hydrogen-bond donors (Lipinski definition) is 2. The van der Waals surface area contributed by atoms with Gasteiger partial charge in [-0.05, 0) is 19.1 Å². The van der Waals surface area contributed by atoms with Crippen LogP contribution in [0.25, 0.3) is 0 Å². The maximum absolute atomic E-state index is 8.77. The highest BCUT2D eigenvalue weighted by molar-refractivity contribution is 5.41. The molecular weight excluding hydrogens is 154 g/mol. The maximum atomic E-state index is 8.77. The Kier molecular flexibility index (Phi) is 3.57. The van der Waals surface area contributed by atoms with Crippen molar-refractivity contribution < 1.29 is 9.84 Å². The van der Waals surface area contributed by atoms with Gasteiger partial charge in [0.2, 0.25) is 0 Å². The van der Waals surface area contributed by atoms with Gasteiger partial charge >= 0.3 is 0 Å². The molecule has 0 saturated carbocycles. The third-order valence-electron chi connectivity index (χ3n) is 1.37. The van der Waals surface area contributed by atoms with Crippen molar-refractivity contribution in [1.82, 2.24) is 0 Å². The van der Waals surface area contributed by atoms with Crippen LogP contribution in [0.2, 0.25) is 0 Å². The molecule has 0 fully saturated rings. The SMILES string of the molecule is CC(O)OCNc1ccccc1. The summed E-state index contributed by atoms with van der Waals surface area (Å²) in [5.74, 6) is 0. The van der Waals surface area contributed by atoms with E-state index in [1.165, 1.54) is 0 Å². The van der Waals surface area contributed by atoms with Crippen LogP contribution in [0.3, 0.4) is 0 Å². The first-order valence-corrected chi connectivity index (χ1v) is 3.87. The summed E-state index contributed by atoms with van der Waals surface area (Å²) < 4.78 is 4.89. The number of aliphatic hydroxyl groups excluding tert-OH is 1. The number of benzene rings is 1. The Morgan fingerprint density at radius 3 is 2.67 bits per heavy atom. The number of anilines is 1. The summed E-state index contributed by atoms with van der Waals surface area (Å²) >= 11 is 0. The van der Waals surface area contributed by atoms with Crippen LogP contribution in [-0.4, -0.2) is 18.1 Å². The standard InChI is InChI=1S/C9H13NO2/c1-8(11)12-7-10-9-5-3-2-4-6-9/h2-6,8,10-11H,7H2,1H3. The van der Waals surface area contributed by atoms with Gasteiger partial charge in [-0.2, -0.15) is 0 Å². The first-order valence-electron chi connectivity index (χ1n) is 3.87. The molecule has 0 aliphatic rings. The molecule has 0 saturated heterocycles. The average molecular weight is 167 g/mol. The number of nitrogens with one attached hydrogen (secondary N) is 1. The first kappa shape index (κ1) is 9.03. The molecule has 0 heterocycles. The number of aliphatic hydroxyl groups is 1. The van der Waals surface area contributed by atoms with E-state index in [1.54, 1.807) is 6.92 Å². The molecule has 0 spiro atoms. The largest absolute Gasteiger partial charge is 0.368 e. The first-order chi connectivity index (χ1) is 5.79. The summed E-state index contributed by atoms with van der Waals surface area (Å²) in [4.78, 5) is 0. The number of rotatable bonds is 4. The van der Waals surface area contributed by atoms with E-state index in [4.69, 9.17) is 9.84 Å². The monoisotopic (exact) mass is 167 g/mol. The molecule has 1 aromatic carbocycles. The quantitative estimate of drug-likeness (QED) is 0.666. The van der Waals surface area contributed by atoms with E-state index < -0.39 is 6.29 Å². The van der Waals surface area contributed by atoms with Gasteiger partial charge in [-0.15, -0.1) is 0 Å². The summed E-state index contributed by atoms with van der Waals surface area (Å²) in [5.41, 5.74) is 0.984. The average Bonchev–Trinajstić information content (AvgIpc) is 2.05. The van der Waals surface area contributed by atoms with Crippen LogP contribution in [0.15, 0.2) is 30.3 Å². The maximum Gasteiger partial charge on any atom is 0.154 e. The molecule has 1 aromatic rings. The van der Waals surface area contributed by atoms with Gasteiger partial charge < -0.3 is 15.2 Å². The van der Waals surface area contributed by atoms with Crippen LogP contribution >= 0.6 is 0 Å². The fraction of sp³-hybridized carbons (Fsp3) is 0.333. The minimum atomic E-state index is -0.721. The minimum Gasteiger partial charge on any atom is -0.368 e. The van der Waals surface area contributed by atoms with Gasteiger partial charge in [0.25, 0.3) is 0 Å². The third-order valence-corrected chi connectivity index (χ3v) is 1.37. The predicted molar refractivity (Wildman–Crippen MR) is 47.7 cm³/mol. The Labute approximate surface area is 72.0 Å². The lowest BCUT2D eigenvalue weighted by molar-refractivity contribution is -0.0780. The van der Waals surface area contributed by atoms with E-state index in [-0.39, 0.29) is 0 Å². The molecule has 12 heavy (non-hydrogen) atoms. The molecule has 1 rings (SSSR count). The topological polar surface area (TPSA) is 41.5 Å². The molecule has 0 bridgehead atoms. The van der Waals surface area contributed by atoms with Crippen LogP contribution in [0.1, 0.15) is 6.92 Å². The molecule has 0 aliphatic carbocycles. The molecule has 3 heteroatoms. The molecular formula is C9H13NO2. The van der Waals surface area contributed by atoms with E-state index in [2.05, 4.69) is 5.32 Å². The van der Waals surface area contributed by atoms with Crippen LogP contribution in [-0.2, 0) is 4.74 Å². The molecule has 0 amide bonds. The Hall–Kier alpha value is -1.06. The molecule has 3 nitrogen and oxygen atoms in total. The highest BCUT2D eigenvalue weighted by Crippen LogP contribution is 2.03. The summed E-state index contributed by atoms with van der Waals surface area (Å²) in [5, 5.41) is 11.8. The highest BCUT2D eigenvalue weighted by Gasteiger charge is 1.92. The van der Waals surface area contributed by atoms with Crippen molar-refractivity contribution in [3.63, 3.8) is 0 Å². The molecule has 0 aromatic heterocycles. The number of ether oxygens (including phenoxy) is 1. The lowest BCUT2D eigenvalue weighted by atomic mass is 10.3. The van der Waals surface area contributed by atoms with Crippen LogP contribution in [0.4, 0.5) is 5.69 Å². The van der Waals surface area contributed by atoms with Gasteiger partial charge in [0, 0.05) is 5.69 Å². The summed E-state index contributed by atoms with van der Waals surface area (Å²) in [6.07, 6.45) is -0.721. The zero-order valence-electron chi connectivity index (χ0n) is 7.03. The van der Waals surface area contributed by atoms with Crippen molar-refractivity contribution in [2.24, 2.45) is 0 Å². The second-order valence-corrected chi connectivity index (χ2v) is 2.45. The van der Waals surface area contributed by atoms with E-state index >= 15 is 0 Å². The Bertz CT molecular complexity index is 211. The molecule has 66 valence electrons. The molecule has 1 unspecified atom stereocenters. The smallest absolute Gasteiger partial charge is 0.154 e. The zero-order chi connectivity index (χ0) is 8.81. The van der Waals surface area contributed by atoms with Crippen molar-refractivity contribution in [2.75, 3.05) is 12.0 Å². The Morgan fingerprint density at radius 2 is 2.08 bits per heavy atom. The zero-order valence-corrected chi connectivity index (χ0v) is 7.03. The summed E-state index contributed by atoms with van der Waals surface area (Å²) in [6, 6.07) is 9.69. The fourth-order valence-electron chi connectivity index (χ4n) is 0.802. The van der Waals surface area contributed by atoms with Gasteiger partial charge in [-0.25, -0.2) is 0 Å². The summed E-state index contributed by atoms with van der Waals surface area (Å²) in [7, 11) is 0. The summed E-state index contributed by atoms with van der Waals surface area (Å²) in [6.45, 7) is 1.90. The molecule has 1 atom stereocenters. The van der Waals surface area contributed by atoms with Crippen molar-refractivity contribution in [1.29, 1.82) is 0 Å². The van der Waals surface area contributed by atoms with Crippen LogP contribution < -0.4 is 5.32 Å². The van der Waals surface area contributed by atoms with Crippen molar-refractivity contribution in [2.45, 2.75) is 13.2 Å². The molecule has 0 aliphatic heterocycles. The molecule has 0 radical (unpaired) electrons. The Balaban J connectivity index is 2.25. The van der Waals surface area contributed by atoms with E-state index in [0.717, 1.165) is 5.69 Å². The number of hydrogen-bond acceptors (Lipinski definition) is 3. The van der Waals surface area contributed by atoms with Gasteiger partial charge in [0.1, 0.15) is 6.73 Å². The van der Waals surface area contributed by atoms with Gasteiger partial charge in [0.05, 0.1) is 0 Å². The van der Waals surface area contributed by atoms with Gasteiger partial charge in [0.15, 0.2) is 6.29 Å². The molecule has 2 N–H and O–H groups in total. The third kappa shape index (κ3) is 3.37. The van der Waals surface area contributed by atoms with Crippen molar-refractivity contribution in [3.8, 4) is 0 Å². The van der Waals surface area contributed by atoms with E-state index in [1.807, 2.05) is 30.3 Å². The van der Waals surface area contributed by atoms with Gasteiger partial charge in [-0.3, -0.25) is 0 Å². The van der Waals surface area contributed by atoms with Crippen molar-refractivity contribution >= 4 is 5.69 Å². The second kappa shape index (κ2) is 4.74. The fourth-order valence-corrected chi connectivity index (χ4v) is 0.802.